The Hall–Kier alpha value is -3.10. The van der Waals surface area contributed by atoms with Crippen molar-refractivity contribution in [3.05, 3.63) is 36.2 Å². The molecule has 0 unspecified atom stereocenters. The fourth-order valence-electron chi connectivity index (χ4n) is 2.83. The summed E-state index contributed by atoms with van der Waals surface area (Å²) >= 11 is 0. The highest BCUT2D eigenvalue weighted by molar-refractivity contribution is 5.94. The highest BCUT2D eigenvalue weighted by Gasteiger charge is 2.26. The Balaban J connectivity index is 1.97. The number of nitrogens with zero attached hydrogens (tertiary/aromatic N) is 1. The van der Waals surface area contributed by atoms with Gasteiger partial charge in [-0.25, -0.2) is 14.2 Å². The van der Waals surface area contributed by atoms with Crippen molar-refractivity contribution in [1.29, 1.82) is 0 Å². The fourth-order valence-corrected chi connectivity index (χ4v) is 2.83. The predicted octanol–water partition coefficient (Wildman–Crippen LogP) is 5.12. The third-order valence-corrected chi connectivity index (χ3v) is 4.47. The van der Waals surface area contributed by atoms with E-state index in [1.165, 1.54) is 37.6 Å². The van der Waals surface area contributed by atoms with Gasteiger partial charge in [-0.1, -0.05) is 6.07 Å². The maximum absolute atomic E-state index is 12.8. The number of esters is 1. The highest BCUT2D eigenvalue weighted by Crippen LogP contribution is 2.37. The van der Waals surface area contributed by atoms with E-state index < -0.39 is 24.3 Å². The Kier molecular flexibility index (Phi) is 6.52. The number of rotatable bonds is 7. The Morgan fingerprint density at radius 1 is 1.13 bits per heavy atom. The van der Waals surface area contributed by atoms with E-state index in [-0.39, 0.29) is 17.2 Å². The number of benzene rings is 1. The quantitative estimate of drug-likeness (QED) is 0.560. The van der Waals surface area contributed by atoms with Gasteiger partial charge in [-0.2, -0.15) is 8.78 Å². The minimum Gasteiger partial charge on any atom is -0.489 e. The number of hydrogen-bond acceptors (Lipinski definition) is 6. The molecule has 1 aromatic heterocycles. The van der Waals surface area contributed by atoms with Gasteiger partial charge in [-0.15, -0.1) is 0 Å². The van der Waals surface area contributed by atoms with Gasteiger partial charge in [0.1, 0.15) is 11.3 Å². The third kappa shape index (κ3) is 5.96. The molecule has 0 radical (unpaired) electrons. The van der Waals surface area contributed by atoms with Crippen molar-refractivity contribution >= 4 is 12.1 Å². The van der Waals surface area contributed by atoms with Crippen LogP contribution in [0.1, 0.15) is 44.1 Å². The Morgan fingerprint density at radius 3 is 2.42 bits per heavy atom. The zero-order valence-corrected chi connectivity index (χ0v) is 17.8. The van der Waals surface area contributed by atoms with Crippen LogP contribution in [0, 0.1) is 5.92 Å². The summed E-state index contributed by atoms with van der Waals surface area (Å²) in [5.74, 6) is -0.240. The van der Waals surface area contributed by atoms with E-state index in [4.69, 9.17) is 14.2 Å². The number of methoxy groups -OCH3 is 1. The summed E-state index contributed by atoms with van der Waals surface area (Å²) in [6, 6.07) is 5.91. The number of aromatic nitrogens is 1. The van der Waals surface area contributed by atoms with Crippen LogP contribution >= 0.6 is 0 Å². The summed E-state index contributed by atoms with van der Waals surface area (Å²) in [6.07, 6.45) is 2.74. The van der Waals surface area contributed by atoms with Crippen molar-refractivity contribution < 1.29 is 37.3 Å². The predicted molar refractivity (Wildman–Crippen MR) is 108 cm³/mol. The molecule has 168 valence electrons. The summed E-state index contributed by atoms with van der Waals surface area (Å²) in [6.45, 7) is 2.53. The summed E-state index contributed by atoms with van der Waals surface area (Å²) in [5.41, 5.74) is 0.221. The molecule has 0 amide bonds. The number of carbonyl (C=O) groups excluding carboxylic acids is 2. The molecule has 2 aromatic rings. The summed E-state index contributed by atoms with van der Waals surface area (Å²) in [7, 11) is 1.20. The topological polar surface area (TPSA) is 76.0 Å². The van der Waals surface area contributed by atoms with Crippen LogP contribution in [0.5, 0.6) is 11.5 Å². The van der Waals surface area contributed by atoms with Crippen LogP contribution in [-0.4, -0.2) is 42.6 Å². The smallest absolute Gasteiger partial charge is 0.419 e. The molecular weight excluding hydrogens is 412 g/mol. The van der Waals surface area contributed by atoms with E-state index in [0.29, 0.717) is 23.7 Å². The normalized spacial score (nSPS) is 13.8. The average Bonchev–Trinajstić information content (AvgIpc) is 3.40. The zero-order chi connectivity index (χ0) is 22.8. The van der Waals surface area contributed by atoms with Gasteiger partial charge in [0.25, 0.3) is 0 Å². The van der Waals surface area contributed by atoms with E-state index in [0.717, 1.165) is 17.4 Å². The molecule has 0 atom stereocenters. The number of ether oxygens (including phenoxy) is 4. The number of alkyl halides is 2. The molecule has 1 fully saturated rings. The molecule has 1 heterocycles. The van der Waals surface area contributed by atoms with E-state index in [9.17, 15) is 18.4 Å². The third-order valence-electron chi connectivity index (χ3n) is 4.47. The van der Waals surface area contributed by atoms with Crippen LogP contribution in [0.2, 0.25) is 0 Å². The van der Waals surface area contributed by atoms with Crippen LogP contribution in [-0.2, 0) is 9.47 Å². The Morgan fingerprint density at radius 2 is 1.84 bits per heavy atom. The first kappa shape index (κ1) is 22.6. The molecule has 1 aliphatic carbocycles. The maximum atomic E-state index is 12.8. The first-order chi connectivity index (χ1) is 14.6. The molecule has 3 rings (SSSR count). The van der Waals surface area contributed by atoms with Crippen LogP contribution in [0.4, 0.5) is 13.6 Å². The van der Waals surface area contributed by atoms with Crippen molar-refractivity contribution in [1.82, 2.24) is 4.57 Å². The molecule has 0 saturated heterocycles. The average molecular weight is 437 g/mol. The lowest BCUT2D eigenvalue weighted by Crippen LogP contribution is -2.28. The molecule has 1 saturated carbocycles. The minimum atomic E-state index is -2.99. The maximum Gasteiger partial charge on any atom is 0.419 e. The molecule has 1 aliphatic rings. The molecule has 1 aromatic carbocycles. The van der Waals surface area contributed by atoms with Gasteiger partial charge >= 0.3 is 18.7 Å². The molecule has 0 aliphatic heterocycles. The largest absolute Gasteiger partial charge is 0.489 e. The van der Waals surface area contributed by atoms with Gasteiger partial charge in [-0.05, 0) is 63.3 Å². The number of halogens is 2. The van der Waals surface area contributed by atoms with Crippen molar-refractivity contribution in [2.45, 2.75) is 45.8 Å². The molecular formula is C22H25F2NO6. The summed E-state index contributed by atoms with van der Waals surface area (Å²) < 4.78 is 46.9. The highest BCUT2D eigenvalue weighted by atomic mass is 19.3. The van der Waals surface area contributed by atoms with Crippen LogP contribution in [0.3, 0.4) is 0 Å². The van der Waals surface area contributed by atoms with Crippen molar-refractivity contribution in [2.75, 3.05) is 13.7 Å². The summed E-state index contributed by atoms with van der Waals surface area (Å²) in [5, 5.41) is 0. The van der Waals surface area contributed by atoms with E-state index >= 15 is 0 Å². The van der Waals surface area contributed by atoms with Crippen LogP contribution in [0.25, 0.3) is 11.1 Å². The van der Waals surface area contributed by atoms with Crippen molar-refractivity contribution in [3.8, 4) is 22.6 Å². The van der Waals surface area contributed by atoms with E-state index in [1.807, 2.05) is 0 Å². The van der Waals surface area contributed by atoms with Crippen LogP contribution in [0.15, 0.2) is 30.5 Å². The SMILES string of the molecule is COC(=O)c1cc(-c2ccc(OC(F)F)c(OCC3CC3)c2)cn1C(=O)OC(C)(C)C. The second-order valence-corrected chi connectivity index (χ2v) is 8.25. The molecule has 7 nitrogen and oxygen atoms in total. The molecule has 0 spiro atoms. The zero-order valence-electron chi connectivity index (χ0n) is 17.8. The lowest BCUT2D eigenvalue weighted by Gasteiger charge is -2.20. The number of carbonyl (C=O) groups is 2. The monoisotopic (exact) mass is 437 g/mol. The minimum absolute atomic E-state index is 0.0277. The van der Waals surface area contributed by atoms with Gasteiger partial charge in [0.15, 0.2) is 11.5 Å². The lowest BCUT2D eigenvalue weighted by atomic mass is 10.1. The van der Waals surface area contributed by atoms with Gasteiger partial charge in [0.2, 0.25) is 0 Å². The molecule has 0 bridgehead atoms. The summed E-state index contributed by atoms with van der Waals surface area (Å²) in [4.78, 5) is 24.8. The van der Waals surface area contributed by atoms with Gasteiger partial charge < -0.3 is 18.9 Å². The molecule has 9 heteroatoms. The Labute approximate surface area is 178 Å². The first-order valence-electron chi connectivity index (χ1n) is 9.83. The van der Waals surface area contributed by atoms with E-state index in [2.05, 4.69) is 4.74 Å². The second kappa shape index (κ2) is 8.95. The van der Waals surface area contributed by atoms with Gasteiger partial charge in [-0.3, -0.25) is 0 Å². The van der Waals surface area contributed by atoms with Gasteiger partial charge in [0.05, 0.1) is 13.7 Å². The van der Waals surface area contributed by atoms with Gasteiger partial charge in [0, 0.05) is 11.8 Å². The molecule has 31 heavy (non-hydrogen) atoms. The second-order valence-electron chi connectivity index (χ2n) is 8.25. The van der Waals surface area contributed by atoms with Crippen molar-refractivity contribution in [2.24, 2.45) is 5.92 Å². The standard InChI is InChI=1S/C22H25F2NO6/c1-22(2,3)31-21(27)25-11-15(9-16(25)19(26)28-4)14-7-8-17(30-20(23)24)18(10-14)29-12-13-5-6-13/h7-11,13,20H,5-6,12H2,1-4H3. The first-order valence-corrected chi connectivity index (χ1v) is 9.83. The van der Waals surface area contributed by atoms with Crippen molar-refractivity contribution in [3.63, 3.8) is 0 Å². The molecule has 0 N–H and O–H groups in total. The Bertz CT molecular complexity index is 959. The van der Waals surface area contributed by atoms with E-state index in [1.54, 1.807) is 20.8 Å². The number of hydrogen-bond donors (Lipinski definition) is 0. The van der Waals surface area contributed by atoms with Crippen LogP contribution < -0.4 is 9.47 Å². The fraction of sp³-hybridized carbons (Fsp3) is 0.455. The lowest BCUT2D eigenvalue weighted by molar-refractivity contribution is -0.0515.